The fourth-order valence-corrected chi connectivity index (χ4v) is 4.07. The van der Waals surface area contributed by atoms with Gasteiger partial charge in [0, 0.05) is 10.1 Å². The summed E-state index contributed by atoms with van der Waals surface area (Å²) >= 11 is 1.93. The van der Waals surface area contributed by atoms with Crippen LogP contribution in [0.2, 0.25) is 0 Å². The second-order valence-electron chi connectivity index (χ2n) is 5.69. The van der Waals surface area contributed by atoms with E-state index < -0.39 is 5.79 Å². The largest absolute Gasteiger partial charge is 0.345 e. The quantitative estimate of drug-likeness (QED) is 0.810. The van der Waals surface area contributed by atoms with E-state index in [2.05, 4.69) is 31.2 Å². The Bertz CT molecular complexity index is 427. The molecule has 0 amide bonds. The van der Waals surface area contributed by atoms with Gasteiger partial charge in [-0.3, -0.25) is 0 Å². The van der Waals surface area contributed by atoms with Gasteiger partial charge in [-0.25, -0.2) is 0 Å². The molecular weight excluding hydrogens is 244 g/mol. The molecule has 0 spiro atoms. The van der Waals surface area contributed by atoms with E-state index >= 15 is 0 Å². The Morgan fingerprint density at radius 1 is 1.11 bits per heavy atom. The van der Waals surface area contributed by atoms with Gasteiger partial charge in [0.1, 0.15) is 0 Å². The summed E-state index contributed by atoms with van der Waals surface area (Å²) in [4.78, 5) is 1.33. The summed E-state index contributed by atoms with van der Waals surface area (Å²) in [6.07, 6.45) is 2.86. The monoisotopic (exact) mass is 264 g/mol. The van der Waals surface area contributed by atoms with Crippen molar-refractivity contribution in [3.63, 3.8) is 0 Å². The van der Waals surface area contributed by atoms with Crippen LogP contribution in [0.15, 0.2) is 29.2 Å². The van der Waals surface area contributed by atoms with Crippen molar-refractivity contribution in [1.82, 2.24) is 0 Å². The third kappa shape index (κ3) is 2.44. The molecule has 1 aliphatic carbocycles. The van der Waals surface area contributed by atoms with Crippen molar-refractivity contribution >= 4 is 11.8 Å². The molecule has 0 radical (unpaired) electrons. The highest BCUT2D eigenvalue weighted by atomic mass is 32.2. The van der Waals surface area contributed by atoms with Gasteiger partial charge < -0.3 is 9.47 Å². The molecule has 1 saturated carbocycles. The molecule has 0 N–H and O–H groups in total. The molecule has 98 valence electrons. The Labute approximate surface area is 113 Å². The van der Waals surface area contributed by atoms with Gasteiger partial charge in [-0.2, -0.15) is 0 Å². The highest BCUT2D eigenvalue weighted by Crippen LogP contribution is 2.44. The molecular formula is C15H20O2S. The lowest BCUT2D eigenvalue weighted by molar-refractivity contribution is -0.150. The lowest BCUT2D eigenvalue weighted by Gasteiger charge is -2.21. The Kier molecular flexibility index (Phi) is 3.16. The van der Waals surface area contributed by atoms with Crippen molar-refractivity contribution < 1.29 is 9.47 Å². The van der Waals surface area contributed by atoms with Gasteiger partial charge in [-0.15, -0.1) is 11.8 Å². The number of ether oxygens (including phenoxy) is 2. The number of hydrogen-bond acceptors (Lipinski definition) is 3. The highest BCUT2D eigenvalue weighted by molar-refractivity contribution is 8.00. The number of rotatable bonds is 2. The van der Waals surface area contributed by atoms with E-state index in [1.54, 1.807) is 0 Å². The lowest BCUT2D eigenvalue weighted by atomic mass is 10.2. The van der Waals surface area contributed by atoms with E-state index in [1.165, 1.54) is 16.9 Å². The van der Waals surface area contributed by atoms with Crippen molar-refractivity contribution in [2.45, 2.75) is 61.8 Å². The highest BCUT2D eigenvalue weighted by Gasteiger charge is 2.49. The average Bonchev–Trinajstić information content (AvgIpc) is 2.79. The molecule has 1 saturated heterocycles. The standard InChI is InChI=1S/C15H20O2S/c1-10-4-6-11(7-5-10)18-13-9-8-12-14(13)17-15(2,3)16-12/h4-7,12-14H,8-9H2,1-3H3. The molecule has 3 heteroatoms. The molecule has 18 heavy (non-hydrogen) atoms. The molecule has 1 aliphatic heterocycles. The fraction of sp³-hybridized carbons (Fsp3) is 0.600. The van der Waals surface area contributed by atoms with E-state index in [4.69, 9.17) is 9.47 Å². The van der Waals surface area contributed by atoms with Crippen LogP contribution in [0.3, 0.4) is 0 Å². The molecule has 1 aromatic rings. The summed E-state index contributed by atoms with van der Waals surface area (Å²) in [6.45, 7) is 6.15. The fourth-order valence-electron chi connectivity index (χ4n) is 2.81. The van der Waals surface area contributed by atoms with Gasteiger partial charge >= 0.3 is 0 Å². The Balaban J connectivity index is 1.69. The van der Waals surface area contributed by atoms with E-state index in [-0.39, 0.29) is 6.10 Å². The minimum Gasteiger partial charge on any atom is -0.345 e. The van der Waals surface area contributed by atoms with Crippen LogP contribution < -0.4 is 0 Å². The molecule has 2 fully saturated rings. The first-order chi connectivity index (χ1) is 8.53. The third-order valence-corrected chi connectivity index (χ3v) is 4.98. The van der Waals surface area contributed by atoms with Crippen molar-refractivity contribution in [2.75, 3.05) is 0 Å². The summed E-state index contributed by atoms with van der Waals surface area (Å²) in [6, 6.07) is 8.75. The SMILES string of the molecule is Cc1ccc(SC2CCC3OC(C)(C)OC32)cc1. The second kappa shape index (κ2) is 4.55. The van der Waals surface area contributed by atoms with Crippen LogP contribution in [0.1, 0.15) is 32.3 Å². The van der Waals surface area contributed by atoms with E-state index in [0.29, 0.717) is 11.4 Å². The maximum absolute atomic E-state index is 6.04. The lowest BCUT2D eigenvalue weighted by Crippen LogP contribution is -2.26. The predicted molar refractivity (Wildman–Crippen MR) is 73.9 cm³/mol. The van der Waals surface area contributed by atoms with Gasteiger partial charge in [0.05, 0.1) is 12.2 Å². The first kappa shape index (κ1) is 12.5. The van der Waals surface area contributed by atoms with Crippen LogP contribution in [0.25, 0.3) is 0 Å². The Hall–Kier alpha value is -0.510. The van der Waals surface area contributed by atoms with Crippen LogP contribution in [-0.2, 0) is 9.47 Å². The van der Waals surface area contributed by atoms with Gasteiger partial charge in [0.15, 0.2) is 5.79 Å². The Morgan fingerprint density at radius 3 is 2.56 bits per heavy atom. The third-order valence-electron chi connectivity index (χ3n) is 3.63. The van der Waals surface area contributed by atoms with E-state index in [0.717, 1.165) is 6.42 Å². The predicted octanol–water partition coefficient (Wildman–Crippen LogP) is 3.77. The average molecular weight is 264 g/mol. The number of fused-ring (bicyclic) bond motifs is 1. The first-order valence-electron chi connectivity index (χ1n) is 6.62. The minimum absolute atomic E-state index is 0.256. The summed E-state index contributed by atoms with van der Waals surface area (Å²) in [5, 5.41) is 0.527. The van der Waals surface area contributed by atoms with Crippen molar-refractivity contribution in [3.8, 4) is 0 Å². The van der Waals surface area contributed by atoms with Crippen molar-refractivity contribution in [3.05, 3.63) is 29.8 Å². The smallest absolute Gasteiger partial charge is 0.163 e. The van der Waals surface area contributed by atoms with Crippen LogP contribution >= 0.6 is 11.8 Å². The number of aryl methyl sites for hydroxylation is 1. The van der Waals surface area contributed by atoms with Gasteiger partial charge in [0.25, 0.3) is 0 Å². The van der Waals surface area contributed by atoms with Gasteiger partial charge in [-0.05, 0) is 45.7 Å². The van der Waals surface area contributed by atoms with Crippen molar-refractivity contribution in [2.24, 2.45) is 0 Å². The molecule has 3 unspecified atom stereocenters. The molecule has 1 heterocycles. The number of benzene rings is 1. The zero-order valence-electron chi connectivity index (χ0n) is 11.2. The summed E-state index contributed by atoms with van der Waals surface area (Å²) < 4.78 is 12.0. The van der Waals surface area contributed by atoms with Crippen LogP contribution in [0.4, 0.5) is 0 Å². The van der Waals surface area contributed by atoms with Crippen LogP contribution in [0, 0.1) is 6.92 Å². The normalized spacial score (nSPS) is 33.6. The van der Waals surface area contributed by atoms with Crippen LogP contribution in [-0.4, -0.2) is 23.2 Å². The summed E-state index contributed by atoms with van der Waals surface area (Å²) in [5.41, 5.74) is 1.31. The maximum Gasteiger partial charge on any atom is 0.163 e. The zero-order chi connectivity index (χ0) is 12.8. The molecule has 2 aliphatic rings. The van der Waals surface area contributed by atoms with Crippen molar-refractivity contribution in [1.29, 1.82) is 0 Å². The summed E-state index contributed by atoms with van der Waals surface area (Å²) in [5.74, 6) is -0.401. The molecule has 1 aromatic carbocycles. The Morgan fingerprint density at radius 2 is 1.83 bits per heavy atom. The number of thioether (sulfide) groups is 1. The molecule has 3 rings (SSSR count). The number of hydrogen-bond donors (Lipinski definition) is 0. The molecule has 0 aromatic heterocycles. The molecule has 2 nitrogen and oxygen atoms in total. The topological polar surface area (TPSA) is 18.5 Å². The van der Waals surface area contributed by atoms with E-state index in [1.807, 2.05) is 25.6 Å². The van der Waals surface area contributed by atoms with E-state index in [9.17, 15) is 0 Å². The first-order valence-corrected chi connectivity index (χ1v) is 7.50. The second-order valence-corrected chi connectivity index (χ2v) is 7.00. The zero-order valence-corrected chi connectivity index (χ0v) is 12.0. The van der Waals surface area contributed by atoms with Crippen LogP contribution in [0.5, 0.6) is 0 Å². The summed E-state index contributed by atoms with van der Waals surface area (Å²) in [7, 11) is 0. The molecule has 0 bridgehead atoms. The molecule has 3 atom stereocenters. The maximum atomic E-state index is 6.04. The van der Waals surface area contributed by atoms with Gasteiger partial charge in [-0.1, -0.05) is 17.7 Å². The van der Waals surface area contributed by atoms with Gasteiger partial charge in [0.2, 0.25) is 0 Å². The minimum atomic E-state index is -0.401.